The Morgan fingerprint density at radius 1 is 1.29 bits per heavy atom. The number of benzene rings is 1. The smallest absolute Gasteiger partial charge is 0.233 e. The van der Waals surface area contributed by atoms with Crippen molar-refractivity contribution in [2.24, 2.45) is 0 Å². The van der Waals surface area contributed by atoms with E-state index in [9.17, 15) is 0 Å². The van der Waals surface area contributed by atoms with E-state index in [1.54, 1.807) is 37.2 Å². The topological polar surface area (TPSA) is 113 Å². The van der Waals surface area contributed by atoms with Gasteiger partial charge in [-0.15, -0.1) is 0 Å². The number of nitrogens with one attached hydrogen (secondary N) is 1. The van der Waals surface area contributed by atoms with Crippen LogP contribution in [0.5, 0.6) is 5.75 Å². The fraction of sp³-hybridized carbons (Fsp3) is 0.231. The maximum absolute atomic E-state index is 8.89. The summed E-state index contributed by atoms with van der Waals surface area (Å²) in [5.74, 6) is 1.37. The van der Waals surface area contributed by atoms with Gasteiger partial charge in [0.05, 0.1) is 24.4 Å². The van der Waals surface area contributed by atoms with Gasteiger partial charge < -0.3 is 20.7 Å². The van der Waals surface area contributed by atoms with Gasteiger partial charge in [0.1, 0.15) is 5.75 Å². The molecular weight excluding hydrogens is 270 g/mol. The molecule has 108 valence electrons. The Kier molecular flexibility index (Phi) is 4.04. The van der Waals surface area contributed by atoms with Crippen molar-refractivity contribution in [3.8, 4) is 11.8 Å². The number of nitrogen functional groups attached to an aromatic ring is 1. The summed E-state index contributed by atoms with van der Waals surface area (Å²) in [6.07, 6.45) is 0. The number of hydrogen-bond acceptors (Lipinski definition) is 8. The van der Waals surface area contributed by atoms with Gasteiger partial charge in [0.15, 0.2) is 0 Å². The molecule has 21 heavy (non-hydrogen) atoms. The normalized spacial score (nSPS) is 9.81. The molecule has 0 radical (unpaired) electrons. The highest BCUT2D eigenvalue weighted by atomic mass is 16.5. The Balaban J connectivity index is 2.36. The van der Waals surface area contributed by atoms with E-state index in [-0.39, 0.29) is 5.95 Å². The van der Waals surface area contributed by atoms with Gasteiger partial charge in [0, 0.05) is 20.2 Å². The minimum Gasteiger partial charge on any atom is -0.495 e. The third kappa shape index (κ3) is 3.27. The van der Waals surface area contributed by atoms with Crippen LogP contribution in [0.4, 0.5) is 23.5 Å². The Morgan fingerprint density at radius 2 is 2.05 bits per heavy atom. The molecule has 0 aliphatic heterocycles. The lowest BCUT2D eigenvalue weighted by atomic mass is 10.2. The van der Waals surface area contributed by atoms with Crippen LogP contribution >= 0.6 is 0 Å². The summed E-state index contributed by atoms with van der Waals surface area (Å²) in [7, 11) is 5.14. The number of nitriles is 1. The minimum atomic E-state index is 0.115. The number of ether oxygens (including phenoxy) is 1. The number of nitrogens with two attached hydrogens (primary N) is 1. The zero-order chi connectivity index (χ0) is 15.4. The number of methoxy groups -OCH3 is 1. The summed E-state index contributed by atoms with van der Waals surface area (Å²) < 4.78 is 5.24. The lowest BCUT2D eigenvalue weighted by molar-refractivity contribution is 0.416. The van der Waals surface area contributed by atoms with Gasteiger partial charge in [-0.2, -0.15) is 20.2 Å². The average molecular weight is 285 g/mol. The number of aromatic nitrogens is 3. The monoisotopic (exact) mass is 285 g/mol. The van der Waals surface area contributed by atoms with Crippen LogP contribution in [0.15, 0.2) is 18.2 Å². The predicted octanol–water partition coefficient (Wildman–Crippen LogP) is 1.14. The lowest BCUT2D eigenvalue weighted by Gasteiger charge is -2.13. The van der Waals surface area contributed by atoms with Gasteiger partial charge in [0.25, 0.3) is 0 Å². The van der Waals surface area contributed by atoms with E-state index in [1.165, 1.54) is 7.11 Å². The fourth-order valence-corrected chi connectivity index (χ4v) is 1.62. The molecule has 1 aromatic carbocycles. The van der Waals surface area contributed by atoms with E-state index in [1.807, 2.05) is 0 Å². The van der Waals surface area contributed by atoms with Crippen LogP contribution in [0, 0.1) is 11.3 Å². The SMILES string of the molecule is COc1cc(C#N)ccc1Nc1nc(N)nc(N(C)C)n1. The maximum Gasteiger partial charge on any atom is 0.233 e. The van der Waals surface area contributed by atoms with Crippen LogP contribution in [-0.2, 0) is 0 Å². The van der Waals surface area contributed by atoms with Crippen molar-refractivity contribution in [1.29, 1.82) is 5.26 Å². The minimum absolute atomic E-state index is 0.115. The summed E-state index contributed by atoms with van der Waals surface area (Å²) >= 11 is 0. The van der Waals surface area contributed by atoms with E-state index in [4.69, 9.17) is 15.7 Å². The molecule has 1 heterocycles. The number of anilines is 4. The third-order valence-electron chi connectivity index (χ3n) is 2.62. The molecule has 0 saturated carbocycles. The van der Waals surface area contributed by atoms with Crippen LogP contribution in [0.3, 0.4) is 0 Å². The first-order valence-electron chi connectivity index (χ1n) is 6.07. The van der Waals surface area contributed by atoms with E-state index in [0.717, 1.165) is 0 Å². The molecule has 0 unspecified atom stereocenters. The van der Waals surface area contributed by atoms with Gasteiger partial charge in [-0.25, -0.2) is 0 Å². The summed E-state index contributed by atoms with van der Waals surface area (Å²) in [6.45, 7) is 0. The molecule has 0 amide bonds. The maximum atomic E-state index is 8.89. The van der Waals surface area contributed by atoms with E-state index in [0.29, 0.717) is 28.9 Å². The molecule has 0 saturated heterocycles. The number of hydrogen-bond donors (Lipinski definition) is 2. The molecule has 2 rings (SSSR count). The zero-order valence-electron chi connectivity index (χ0n) is 12.0. The van der Waals surface area contributed by atoms with E-state index < -0.39 is 0 Å². The van der Waals surface area contributed by atoms with Crippen LogP contribution < -0.4 is 20.7 Å². The first-order chi connectivity index (χ1) is 10.0. The first kappa shape index (κ1) is 14.3. The molecule has 0 aliphatic carbocycles. The Bertz CT molecular complexity index is 693. The zero-order valence-corrected chi connectivity index (χ0v) is 12.0. The van der Waals surface area contributed by atoms with Gasteiger partial charge in [-0.05, 0) is 12.1 Å². The fourth-order valence-electron chi connectivity index (χ4n) is 1.62. The second kappa shape index (κ2) is 5.92. The van der Waals surface area contributed by atoms with Gasteiger partial charge in [-0.3, -0.25) is 0 Å². The summed E-state index contributed by atoms with van der Waals surface area (Å²) in [5.41, 5.74) is 6.80. The standard InChI is InChI=1S/C13H15N7O/c1-20(2)13-18-11(15)17-12(19-13)16-9-5-4-8(7-14)6-10(9)21-3/h4-6H,1-3H3,(H3,15,16,17,18,19). The van der Waals surface area contributed by atoms with Crippen molar-refractivity contribution in [3.63, 3.8) is 0 Å². The number of nitrogens with zero attached hydrogens (tertiary/aromatic N) is 5. The highest BCUT2D eigenvalue weighted by molar-refractivity contribution is 5.65. The molecule has 1 aromatic heterocycles. The summed E-state index contributed by atoms with van der Waals surface area (Å²) in [5, 5.41) is 11.9. The second-order valence-electron chi connectivity index (χ2n) is 4.36. The van der Waals surface area contributed by atoms with Crippen molar-refractivity contribution in [3.05, 3.63) is 23.8 Å². The molecule has 2 aromatic rings. The molecule has 0 atom stereocenters. The molecule has 0 aliphatic rings. The average Bonchev–Trinajstić information content (AvgIpc) is 2.47. The van der Waals surface area contributed by atoms with Crippen LogP contribution in [0.25, 0.3) is 0 Å². The van der Waals surface area contributed by atoms with Gasteiger partial charge in [0.2, 0.25) is 17.8 Å². The third-order valence-corrected chi connectivity index (χ3v) is 2.62. The highest BCUT2D eigenvalue weighted by Gasteiger charge is 2.10. The highest BCUT2D eigenvalue weighted by Crippen LogP contribution is 2.27. The van der Waals surface area contributed by atoms with Crippen molar-refractivity contribution < 1.29 is 4.74 Å². The second-order valence-corrected chi connectivity index (χ2v) is 4.36. The van der Waals surface area contributed by atoms with Gasteiger partial charge in [-0.1, -0.05) is 0 Å². The van der Waals surface area contributed by atoms with Crippen molar-refractivity contribution in [1.82, 2.24) is 15.0 Å². The summed E-state index contributed by atoms with van der Waals surface area (Å²) in [6, 6.07) is 7.06. The van der Waals surface area contributed by atoms with Crippen molar-refractivity contribution in [2.45, 2.75) is 0 Å². The van der Waals surface area contributed by atoms with Crippen molar-refractivity contribution in [2.75, 3.05) is 37.2 Å². The molecule has 0 spiro atoms. The molecular formula is C13H15N7O. The Morgan fingerprint density at radius 3 is 2.67 bits per heavy atom. The molecule has 8 heteroatoms. The largest absolute Gasteiger partial charge is 0.495 e. The molecule has 0 bridgehead atoms. The number of rotatable bonds is 4. The van der Waals surface area contributed by atoms with Crippen LogP contribution in [0.1, 0.15) is 5.56 Å². The van der Waals surface area contributed by atoms with Crippen molar-refractivity contribution >= 4 is 23.5 Å². The van der Waals surface area contributed by atoms with Crippen LogP contribution in [0.2, 0.25) is 0 Å². The molecule has 3 N–H and O–H groups in total. The molecule has 0 fully saturated rings. The lowest BCUT2D eigenvalue weighted by Crippen LogP contribution is -2.15. The first-order valence-corrected chi connectivity index (χ1v) is 6.07. The van der Waals surface area contributed by atoms with E-state index >= 15 is 0 Å². The van der Waals surface area contributed by atoms with Gasteiger partial charge >= 0.3 is 0 Å². The van der Waals surface area contributed by atoms with E-state index in [2.05, 4.69) is 26.3 Å². The molecule has 8 nitrogen and oxygen atoms in total. The quantitative estimate of drug-likeness (QED) is 0.859. The Labute approximate surface area is 122 Å². The predicted molar refractivity (Wildman–Crippen MR) is 79.6 cm³/mol. The van der Waals surface area contributed by atoms with Crippen LogP contribution in [-0.4, -0.2) is 36.2 Å². The Hall–Kier alpha value is -3.08. The summed E-state index contributed by atoms with van der Waals surface area (Å²) in [4.78, 5) is 14.0.